The number of fused-ring (bicyclic) bond motifs is 1. The van der Waals surface area contributed by atoms with Gasteiger partial charge in [0.05, 0.1) is 19.1 Å². The zero-order valence-electron chi connectivity index (χ0n) is 17.9. The molecule has 0 radical (unpaired) electrons. The monoisotopic (exact) mass is 435 g/mol. The number of benzene rings is 1. The van der Waals surface area contributed by atoms with Gasteiger partial charge in [0.25, 0.3) is 5.56 Å². The standard InChI is InChI=1S/C21H27F2N5O3/c1-21(2,3)31-20(30)26-8-10-27(11-9-26)28-18(16(24)12-4-5-12)25-17-14(23)7-6-13(22)15(17)19(28)29/h6-7,12,16H,4-5,8-11,24H2,1-3H3. The summed E-state index contributed by atoms with van der Waals surface area (Å²) in [6.45, 7) is 6.59. The normalized spacial score (nSPS) is 18.4. The summed E-state index contributed by atoms with van der Waals surface area (Å²) in [5, 5.41) is 1.29. The lowest BCUT2D eigenvalue weighted by Crippen LogP contribution is -2.57. The molecular formula is C21H27F2N5O3. The van der Waals surface area contributed by atoms with Crippen LogP contribution in [-0.4, -0.2) is 52.4 Å². The summed E-state index contributed by atoms with van der Waals surface area (Å²) < 4.78 is 35.5. The number of hydrogen-bond donors (Lipinski definition) is 1. The Hall–Kier alpha value is -2.75. The van der Waals surface area contributed by atoms with E-state index in [2.05, 4.69) is 4.98 Å². The molecule has 1 aliphatic carbocycles. The summed E-state index contributed by atoms with van der Waals surface area (Å²) in [5.74, 6) is -1.23. The molecule has 2 N–H and O–H groups in total. The van der Waals surface area contributed by atoms with Gasteiger partial charge in [-0.1, -0.05) is 0 Å². The molecule has 2 aliphatic rings. The minimum Gasteiger partial charge on any atom is -0.444 e. The molecular weight excluding hydrogens is 408 g/mol. The predicted molar refractivity (Wildman–Crippen MR) is 111 cm³/mol. The van der Waals surface area contributed by atoms with E-state index in [1.165, 1.54) is 4.68 Å². The summed E-state index contributed by atoms with van der Waals surface area (Å²) in [6, 6.07) is 1.32. The topological polar surface area (TPSA) is 93.7 Å². The molecule has 1 aliphatic heterocycles. The lowest BCUT2D eigenvalue weighted by Gasteiger charge is -2.38. The summed E-state index contributed by atoms with van der Waals surface area (Å²) in [7, 11) is 0. The number of nitrogens with two attached hydrogens (primary N) is 1. The molecule has 2 aromatic rings. The Labute approximate surface area is 178 Å². The molecule has 10 heteroatoms. The molecule has 1 aromatic carbocycles. The van der Waals surface area contributed by atoms with Crippen molar-refractivity contribution in [2.24, 2.45) is 11.7 Å². The van der Waals surface area contributed by atoms with Crippen molar-refractivity contribution in [2.75, 3.05) is 31.2 Å². The third-order valence-corrected chi connectivity index (χ3v) is 5.55. The number of hydrogen-bond acceptors (Lipinski definition) is 6. The Morgan fingerprint density at radius 3 is 2.35 bits per heavy atom. The maximum Gasteiger partial charge on any atom is 0.410 e. The number of halogens is 2. The highest BCUT2D eigenvalue weighted by Gasteiger charge is 2.35. The van der Waals surface area contributed by atoms with Gasteiger partial charge in [0.15, 0.2) is 0 Å². The average Bonchev–Trinajstić information content (AvgIpc) is 3.54. The fourth-order valence-corrected chi connectivity index (χ4v) is 3.79. The van der Waals surface area contributed by atoms with Crippen molar-refractivity contribution in [2.45, 2.75) is 45.3 Å². The Bertz CT molecular complexity index is 1070. The maximum atomic E-state index is 14.5. The number of piperazine rings is 1. The molecule has 168 valence electrons. The summed E-state index contributed by atoms with van der Waals surface area (Å²) >= 11 is 0. The van der Waals surface area contributed by atoms with Crippen LogP contribution < -0.4 is 16.3 Å². The molecule has 31 heavy (non-hydrogen) atoms. The molecule has 8 nitrogen and oxygen atoms in total. The minimum absolute atomic E-state index is 0.148. The summed E-state index contributed by atoms with van der Waals surface area (Å²) in [4.78, 5) is 31.5. The molecule has 0 bridgehead atoms. The zero-order chi connectivity index (χ0) is 22.5. The van der Waals surface area contributed by atoms with Crippen LogP contribution in [0.15, 0.2) is 16.9 Å². The number of carbonyl (C=O) groups is 1. The van der Waals surface area contributed by atoms with E-state index in [-0.39, 0.29) is 17.3 Å². The van der Waals surface area contributed by atoms with Gasteiger partial charge in [-0.05, 0) is 51.7 Å². The summed E-state index contributed by atoms with van der Waals surface area (Å²) in [6.07, 6.45) is 1.36. The smallest absolute Gasteiger partial charge is 0.410 e. The average molecular weight is 435 g/mol. The largest absolute Gasteiger partial charge is 0.444 e. The van der Waals surface area contributed by atoms with Crippen LogP contribution in [0.5, 0.6) is 0 Å². The van der Waals surface area contributed by atoms with Crippen LogP contribution in [0.1, 0.15) is 45.5 Å². The van der Waals surface area contributed by atoms with Crippen LogP contribution in [0.25, 0.3) is 10.9 Å². The molecule has 1 amide bonds. The van der Waals surface area contributed by atoms with Crippen LogP contribution in [0.3, 0.4) is 0 Å². The SMILES string of the molecule is CC(C)(C)OC(=O)N1CCN(n2c(C(N)C3CC3)nc3c(F)ccc(F)c3c2=O)CC1. The molecule has 2 heterocycles. The highest BCUT2D eigenvalue weighted by molar-refractivity contribution is 5.79. The van der Waals surface area contributed by atoms with E-state index < -0.39 is 40.3 Å². The third kappa shape index (κ3) is 4.21. The Kier molecular flexibility index (Phi) is 5.36. The molecule has 1 saturated heterocycles. The quantitative estimate of drug-likeness (QED) is 0.795. The number of rotatable bonds is 3. The second-order valence-electron chi connectivity index (χ2n) is 9.12. The van der Waals surface area contributed by atoms with Crippen molar-refractivity contribution in [3.05, 3.63) is 39.9 Å². The molecule has 4 rings (SSSR count). The highest BCUT2D eigenvalue weighted by Crippen LogP contribution is 2.39. The Balaban J connectivity index is 1.69. The van der Waals surface area contributed by atoms with E-state index in [9.17, 15) is 18.4 Å². The molecule has 1 atom stereocenters. The molecule has 1 aromatic heterocycles. The molecule has 1 unspecified atom stereocenters. The number of amides is 1. The van der Waals surface area contributed by atoms with E-state index in [1.807, 2.05) is 0 Å². The van der Waals surface area contributed by atoms with E-state index in [0.717, 1.165) is 25.0 Å². The second-order valence-corrected chi connectivity index (χ2v) is 9.12. The van der Waals surface area contributed by atoms with E-state index >= 15 is 0 Å². The van der Waals surface area contributed by atoms with Crippen LogP contribution >= 0.6 is 0 Å². The Morgan fingerprint density at radius 1 is 1.16 bits per heavy atom. The number of ether oxygens (including phenoxy) is 1. The third-order valence-electron chi connectivity index (χ3n) is 5.55. The fourth-order valence-electron chi connectivity index (χ4n) is 3.79. The van der Waals surface area contributed by atoms with Gasteiger partial charge in [-0.2, -0.15) is 0 Å². The fraction of sp³-hybridized carbons (Fsp3) is 0.571. The number of aromatic nitrogens is 2. The van der Waals surface area contributed by atoms with Crippen LogP contribution in [0.2, 0.25) is 0 Å². The van der Waals surface area contributed by atoms with Gasteiger partial charge in [-0.15, -0.1) is 0 Å². The van der Waals surface area contributed by atoms with Gasteiger partial charge in [0, 0.05) is 13.1 Å². The van der Waals surface area contributed by atoms with E-state index in [4.69, 9.17) is 10.5 Å². The first-order chi connectivity index (χ1) is 14.6. The first-order valence-electron chi connectivity index (χ1n) is 10.5. The van der Waals surface area contributed by atoms with Crippen LogP contribution in [0.4, 0.5) is 13.6 Å². The zero-order valence-corrected chi connectivity index (χ0v) is 17.9. The first-order valence-corrected chi connectivity index (χ1v) is 10.5. The molecule has 0 spiro atoms. The minimum atomic E-state index is -0.832. The van der Waals surface area contributed by atoms with Crippen molar-refractivity contribution in [1.29, 1.82) is 0 Å². The maximum absolute atomic E-state index is 14.5. The van der Waals surface area contributed by atoms with Gasteiger partial charge in [-0.25, -0.2) is 23.2 Å². The van der Waals surface area contributed by atoms with Crippen molar-refractivity contribution in [3.8, 4) is 0 Å². The first kappa shape index (κ1) is 21.5. The predicted octanol–water partition coefficient (Wildman–Crippen LogP) is 2.27. The van der Waals surface area contributed by atoms with Gasteiger partial charge >= 0.3 is 6.09 Å². The Morgan fingerprint density at radius 2 is 1.77 bits per heavy atom. The second kappa shape index (κ2) is 7.74. The van der Waals surface area contributed by atoms with Gasteiger partial charge in [0.2, 0.25) is 0 Å². The highest BCUT2D eigenvalue weighted by atomic mass is 19.1. The van der Waals surface area contributed by atoms with Crippen molar-refractivity contribution in [3.63, 3.8) is 0 Å². The number of carbonyl (C=O) groups excluding carboxylic acids is 1. The lowest BCUT2D eigenvalue weighted by atomic mass is 10.1. The van der Waals surface area contributed by atoms with Crippen molar-refractivity contribution >= 4 is 17.0 Å². The van der Waals surface area contributed by atoms with E-state index in [0.29, 0.717) is 26.2 Å². The lowest BCUT2D eigenvalue weighted by molar-refractivity contribution is 0.0231. The van der Waals surface area contributed by atoms with Gasteiger partial charge in [-0.3, -0.25) is 4.79 Å². The van der Waals surface area contributed by atoms with Crippen molar-refractivity contribution < 1.29 is 18.3 Å². The van der Waals surface area contributed by atoms with Crippen LogP contribution in [-0.2, 0) is 4.74 Å². The number of nitrogens with zero attached hydrogens (tertiary/aromatic N) is 4. The van der Waals surface area contributed by atoms with Gasteiger partial charge in [0.1, 0.15) is 34.0 Å². The van der Waals surface area contributed by atoms with Gasteiger partial charge < -0.3 is 20.4 Å². The van der Waals surface area contributed by atoms with Crippen molar-refractivity contribution in [1.82, 2.24) is 14.6 Å². The molecule has 2 fully saturated rings. The summed E-state index contributed by atoms with van der Waals surface area (Å²) in [5.41, 5.74) is 4.74. The van der Waals surface area contributed by atoms with Crippen LogP contribution in [0, 0.1) is 17.6 Å². The molecule has 1 saturated carbocycles. The van der Waals surface area contributed by atoms with E-state index in [1.54, 1.807) is 30.7 Å².